The van der Waals surface area contributed by atoms with E-state index in [2.05, 4.69) is 23.8 Å². The van der Waals surface area contributed by atoms with E-state index in [1.165, 1.54) is 5.56 Å². The van der Waals surface area contributed by atoms with E-state index in [1.54, 1.807) is 0 Å². The SMILES string of the molecule is CC(CNS(=O)(=O)C1CCCC1)Cc1ccccc1. The minimum absolute atomic E-state index is 0.156. The predicted molar refractivity (Wildman–Crippen MR) is 78.5 cm³/mol. The topological polar surface area (TPSA) is 46.2 Å². The molecule has 0 spiro atoms. The summed E-state index contributed by atoms with van der Waals surface area (Å²) >= 11 is 0. The molecule has 0 heterocycles. The number of nitrogens with one attached hydrogen (secondary N) is 1. The van der Waals surface area contributed by atoms with Crippen molar-refractivity contribution >= 4 is 10.0 Å². The molecule has 4 heteroatoms. The van der Waals surface area contributed by atoms with Crippen LogP contribution in [-0.2, 0) is 16.4 Å². The molecule has 1 fully saturated rings. The molecular weight excluding hydrogens is 258 g/mol. The Morgan fingerprint density at radius 3 is 2.47 bits per heavy atom. The third kappa shape index (κ3) is 4.32. The van der Waals surface area contributed by atoms with Crippen molar-refractivity contribution in [3.8, 4) is 0 Å². The van der Waals surface area contributed by atoms with Gasteiger partial charge in [-0.15, -0.1) is 0 Å². The molecule has 0 radical (unpaired) electrons. The van der Waals surface area contributed by atoms with Crippen LogP contribution in [0.4, 0.5) is 0 Å². The summed E-state index contributed by atoms with van der Waals surface area (Å²) in [7, 11) is -3.10. The Labute approximate surface area is 116 Å². The highest BCUT2D eigenvalue weighted by Crippen LogP contribution is 2.24. The van der Waals surface area contributed by atoms with E-state index >= 15 is 0 Å². The van der Waals surface area contributed by atoms with Crippen molar-refractivity contribution in [3.05, 3.63) is 35.9 Å². The molecule has 1 atom stereocenters. The van der Waals surface area contributed by atoms with Crippen molar-refractivity contribution in [2.24, 2.45) is 5.92 Å². The summed E-state index contributed by atoms with van der Waals surface area (Å²) in [6.07, 6.45) is 4.65. The van der Waals surface area contributed by atoms with Gasteiger partial charge >= 0.3 is 0 Å². The van der Waals surface area contributed by atoms with E-state index < -0.39 is 10.0 Å². The van der Waals surface area contributed by atoms with E-state index in [1.807, 2.05) is 18.2 Å². The van der Waals surface area contributed by atoms with Crippen molar-refractivity contribution in [3.63, 3.8) is 0 Å². The van der Waals surface area contributed by atoms with Gasteiger partial charge in [0, 0.05) is 6.54 Å². The van der Waals surface area contributed by atoms with Crippen molar-refractivity contribution in [1.82, 2.24) is 4.72 Å². The van der Waals surface area contributed by atoms with Crippen LogP contribution in [0.2, 0.25) is 0 Å². The Balaban J connectivity index is 1.81. The van der Waals surface area contributed by atoms with Crippen molar-refractivity contribution in [2.75, 3.05) is 6.54 Å². The van der Waals surface area contributed by atoms with Crippen LogP contribution in [0.25, 0.3) is 0 Å². The lowest BCUT2D eigenvalue weighted by atomic mass is 10.0. The fraction of sp³-hybridized carbons (Fsp3) is 0.600. The Morgan fingerprint density at radius 2 is 1.84 bits per heavy atom. The van der Waals surface area contributed by atoms with Crippen molar-refractivity contribution in [2.45, 2.75) is 44.3 Å². The average Bonchev–Trinajstić information content (AvgIpc) is 2.92. The molecule has 1 aliphatic rings. The van der Waals surface area contributed by atoms with Crippen LogP contribution in [0.1, 0.15) is 38.2 Å². The number of rotatable bonds is 6. The van der Waals surface area contributed by atoms with E-state index in [9.17, 15) is 8.42 Å². The molecule has 3 nitrogen and oxygen atoms in total. The maximum Gasteiger partial charge on any atom is 0.214 e. The van der Waals surface area contributed by atoms with E-state index in [0.717, 1.165) is 32.1 Å². The molecule has 0 amide bonds. The summed E-state index contributed by atoms with van der Waals surface area (Å²) in [5, 5.41) is -0.156. The Bertz CT molecular complexity index is 478. The van der Waals surface area contributed by atoms with Gasteiger partial charge in [-0.2, -0.15) is 0 Å². The normalized spacial score (nSPS) is 18.6. The first kappa shape index (κ1) is 14.5. The quantitative estimate of drug-likeness (QED) is 0.871. The molecule has 0 aliphatic heterocycles. The van der Waals surface area contributed by atoms with Crippen molar-refractivity contribution < 1.29 is 8.42 Å². The van der Waals surface area contributed by atoms with E-state index in [4.69, 9.17) is 0 Å². The van der Waals surface area contributed by atoms with E-state index in [-0.39, 0.29) is 5.25 Å². The third-order valence-electron chi connectivity index (χ3n) is 3.80. The van der Waals surface area contributed by atoms with Crippen LogP contribution in [0.5, 0.6) is 0 Å². The fourth-order valence-electron chi connectivity index (χ4n) is 2.66. The van der Waals surface area contributed by atoms with Gasteiger partial charge < -0.3 is 0 Å². The zero-order valence-corrected chi connectivity index (χ0v) is 12.3. The van der Waals surface area contributed by atoms with Crippen LogP contribution in [0.3, 0.4) is 0 Å². The molecule has 1 saturated carbocycles. The van der Waals surface area contributed by atoms with Gasteiger partial charge in [0.05, 0.1) is 5.25 Å². The lowest BCUT2D eigenvalue weighted by molar-refractivity contribution is 0.527. The maximum absolute atomic E-state index is 12.1. The molecule has 1 unspecified atom stereocenters. The minimum atomic E-state index is -3.10. The number of hydrogen-bond acceptors (Lipinski definition) is 2. The lowest BCUT2D eigenvalue weighted by Gasteiger charge is -2.16. The molecule has 0 aromatic heterocycles. The van der Waals surface area contributed by atoms with Gasteiger partial charge in [-0.25, -0.2) is 13.1 Å². The fourth-order valence-corrected chi connectivity index (χ4v) is 4.37. The smallest absolute Gasteiger partial charge is 0.214 e. The van der Waals surface area contributed by atoms with Gasteiger partial charge in [0.1, 0.15) is 0 Å². The monoisotopic (exact) mass is 281 g/mol. The second-order valence-electron chi connectivity index (χ2n) is 5.59. The second kappa shape index (κ2) is 6.53. The van der Waals surface area contributed by atoms with Gasteiger partial charge in [-0.3, -0.25) is 0 Å². The Morgan fingerprint density at radius 1 is 1.21 bits per heavy atom. The Kier molecular flexibility index (Phi) is 4.99. The summed E-state index contributed by atoms with van der Waals surface area (Å²) < 4.78 is 27.0. The molecule has 19 heavy (non-hydrogen) atoms. The van der Waals surface area contributed by atoms with Crippen LogP contribution >= 0.6 is 0 Å². The van der Waals surface area contributed by atoms with Gasteiger partial charge in [0.2, 0.25) is 10.0 Å². The lowest BCUT2D eigenvalue weighted by Crippen LogP contribution is -2.35. The number of benzene rings is 1. The zero-order valence-electron chi connectivity index (χ0n) is 11.5. The predicted octanol–water partition coefficient (Wildman–Crippen LogP) is 2.73. The summed E-state index contributed by atoms with van der Waals surface area (Å²) in [5.41, 5.74) is 1.26. The van der Waals surface area contributed by atoms with Gasteiger partial charge in [0.15, 0.2) is 0 Å². The summed E-state index contributed by atoms with van der Waals surface area (Å²) in [4.78, 5) is 0. The molecule has 0 bridgehead atoms. The van der Waals surface area contributed by atoms with Crippen LogP contribution in [-0.4, -0.2) is 20.2 Å². The Hall–Kier alpha value is -0.870. The van der Waals surface area contributed by atoms with Crippen LogP contribution < -0.4 is 4.72 Å². The first-order chi connectivity index (χ1) is 9.08. The first-order valence-electron chi connectivity index (χ1n) is 7.10. The highest BCUT2D eigenvalue weighted by molar-refractivity contribution is 7.90. The summed E-state index contributed by atoms with van der Waals surface area (Å²) in [5.74, 6) is 0.318. The first-order valence-corrected chi connectivity index (χ1v) is 8.65. The van der Waals surface area contributed by atoms with Gasteiger partial charge in [0.25, 0.3) is 0 Å². The standard InChI is InChI=1S/C15H23NO2S/c1-13(11-14-7-3-2-4-8-14)12-16-19(17,18)15-9-5-6-10-15/h2-4,7-8,13,15-16H,5-6,9-12H2,1H3. The molecule has 1 aromatic rings. The van der Waals surface area contributed by atoms with Crippen LogP contribution in [0.15, 0.2) is 30.3 Å². The number of sulfonamides is 1. The summed E-state index contributed by atoms with van der Waals surface area (Å²) in [6.45, 7) is 2.62. The summed E-state index contributed by atoms with van der Waals surface area (Å²) in [6, 6.07) is 10.2. The molecule has 1 aromatic carbocycles. The van der Waals surface area contributed by atoms with Gasteiger partial charge in [-0.1, -0.05) is 50.1 Å². The molecule has 1 N–H and O–H groups in total. The minimum Gasteiger partial charge on any atom is -0.215 e. The highest BCUT2D eigenvalue weighted by Gasteiger charge is 2.28. The highest BCUT2D eigenvalue weighted by atomic mass is 32.2. The molecule has 2 rings (SSSR count). The second-order valence-corrected chi connectivity index (χ2v) is 7.64. The molecule has 0 saturated heterocycles. The molecular formula is C15H23NO2S. The maximum atomic E-state index is 12.1. The van der Waals surface area contributed by atoms with Crippen LogP contribution in [0, 0.1) is 5.92 Å². The number of hydrogen-bond donors (Lipinski definition) is 1. The van der Waals surface area contributed by atoms with E-state index in [0.29, 0.717) is 12.5 Å². The molecule has 1 aliphatic carbocycles. The third-order valence-corrected chi connectivity index (χ3v) is 5.72. The van der Waals surface area contributed by atoms with Crippen molar-refractivity contribution in [1.29, 1.82) is 0 Å². The average molecular weight is 281 g/mol. The zero-order chi connectivity index (χ0) is 13.7. The molecule has 106 valence electrons. The largest absolute Gasteiger partial charge is 0.215 e. The van der Waals surface area contributed by atoms with Gasteiger partial charge in [-0.05, 0) is 30.7 Å².